The molecule has 0 bridgehead atoms. The van der Waals surface area contributed by atoms with Gasteiger partial charge in [0, 0.05) is 0 Å². The van der Waals surface area contributed by atoms with Crippen molar-refractivity contribution in [3.05, 3.63) is 0 Å². The fourth-order valence-corrected chi connectivity index (χ4v) is 3.78. The highest BCUT2D eigenvalue weighted by Crippen LogP contribution is 2.58. The average molecular weight is 296 g/mol. The summed E-state index contributed by atoms with van der Waals surface area (Å²) in [5, 5.41) is 0. The molecule has 0 N–H and O–H groups in total. The summed E-state index contributed by atoms with van der Waals surface area (Å²) in [6.07, 6.45) is -1.14. The molecule has 0 aromatic rings. The quantitative estimate of drug-likeness (QED) is 0.547. The Morgan fingerprint density at radius 2 is 1.74 bits per heavy atom. The molecule has 8 heteroatoms. The minimum absolute atomic E-state index is 0.172. The highest BCUT2D eigenvalue weighted by molar-refractivity contribution is 7.54. The molecular formula is C11H21O7P. The lowest BCUT2D eigenvalue weighted by atomic mass is 10.4. The van der Waals surface area contributed by atoms with Crippen LogP contribution in [-0.4, -0.2) is 44.0 Å². The monoisotopic (exact) mass is 296 g/mol. The van der Waals surface area contributed by atoms with E-state index in [1.54, 1.807) is 27.7 Å². The largest absolute Gasteiger partial charge is 0.467 e. The molecule has 0 unspecified atom stereocenters. The molecule has 0 radical (unpaired) electrons. The van der Waals surface area contributed by atoms with Gasteiger partial charge in [0.1, 0.15) is 0 Å². The van der Waals surface area contributed by atoms with E-state index in [2.05, 4.69) is 4.74 Å². The topological polar surface area (TPSA) is 80.3 Å². The molecular weight excluding hydrogens is 275 g/mol. The number of ether oxygens (including phenoxy) is 3. The zero-order valence-electron chi connectivity index (χ0n) is 11.9. The summed E-state index contributed by atoms with van der Waals surface area (Å²) in [5.74, 6) is -2.86. The molecule has 0 aliphatic carbocycles. The van der Waals surface area contributed by atoms with E-state index in [1.807, 2.05) is 0 Å². The summed E-state index contributed by atoms with van der Waals surface area (Å²) in [4.78, 5) is 11.7. The molecule has 1 aliphatic rings. The van der Waals surface area contributed by atoms with Crippen molar-refractivity contribution in [3.8, 4) is 0 Å². The Balaban J connectivity index is 3.04. The summed E-state index contributed by atoms with van der Waals surface area (Å²) < 4.78 is 38.6. The third-order valence-electron chi connectivity index (χ3n) is 2.44. The van der Waals surface area contributed by atoms with Gasteiger partial charge in [-0.2, -0.15) is 0 Å². The number of carbonyl (C=O) groups excluding carboxylic acids is 1. The van der Waals surface area contributed by atoms with Crippen LogP contribution in [0.15, 0.2) is 0 Å². The number of esters is 1. The summed E-state index contributed by atoms with van der Waals surface area (Å²) in [5.41, 5.74) is 0. The van der Waals surface area contributed by atoms with Crippen LogP contribution in [0.2, 0.25) is 0 Å². The van der Waals surface area contributed by atoms with E-state index < -0.39 is 31.3 Å². The minimum Gasteiger partial charge on any atom is -0.467 e. The van der Waals surface area contributed by atoms with Gasteiger partial charge in [-0.1, -0.05) is 0 Å². The van der Waals surface area contributed by atoms with E-state index in [9.17, 15) is 9.36 Å². The van der Waals surface area contributed by atoms with Crippen molar-refractivity contribution < 1.29 is 32.6 Å². The number of hydrogen-bond donors (Lipinski definition) is 0. The summed E-state index contributed by atoms with van der Waals surface area (Å²) >= 11 is 0. The van der Waals surface area contributed by atoms with Gasteiger partial charge in [-0.05, 0) is 27.7 Å². The molecule has 0 aromatic carbocycles. The molecule has 0 saturated carbocycles. The van der Waals surface area contributed by atoms with Gasteiger partial charge in [-0.15, -0.1) is 0 Å². The molecule has 1 fully saturated rings. The maximum atomic E-state index is 12.7. The van der Waals surface area contributed by atoms with Crippen LogP contribution in [-0.2, 0) is 32.6 Å². The number of rotatable bonds is 6. The van der Waals surface area contributed by atoms with Crippen molar-refractivity contribution in [1.29, 1.82) is 0 Å². The van der Waals surface area contributed by atoms with Gasteiger partial charge in [0.15, 0.2) is 17.7 Å². The van der Waals surface area contributed by atoms with Gasteiger partial charge in [-0.25, -0.2) is 4.79 Å². The molecule has 0 amide bonds. The Kier molecular flexibility index (Phi) is 5.53. The van der Waals surface area contributed by atoms with Gasteiger partial charge in [-0.3, -0.25) is 4.57 Å². The Bertz CT molecular complexity index is 358. The molecule has 2 atom stereocenters. The Morgan fingerprint density at radius 3 is 2.16 bits per heavy atom. The molecule has 112 valence electrons. The van der Waals surface area contributed by atoms with Gasteiger partial charge >= 0.3 is 13.6 Å². The fourth-order valence-electron chi connectivity index (χ4n) is 1.80. The SMILES string of the molecule is CCOP(=O)(OCC)[C@@H]1OC(C)(C)O[C@H]1C(=O)OC. The third kappa shape index (κ3) is 3.77. The molecule has 1 aliphatic heterocycles. The zero-order chi connectivity index (χ0) is 14.7. The zero-order valence-corrected chi connectivity index (χ0v) is 12.8. The smallest absolute Gasteiger partial charge is 0.362 e. The molecule has 1 saturated heterocycles. The van der Waals surface area contributed by atoms with E-state index in [1.165, 1.54) is 7.11 Å². The average Bonchev–Trinajstić information content (AvgIpc) is 2.66. The van der Waals surface area contributed by atoms with Crippen LogP contribution in [0.5, 0.6) is 0 Å². The molecule has 7 nitrogen and oxygen atoms in total. The van der Waals surface area contributed by atoms with Gasteiger partial charge in [0.25, 0.3) is 0 Å². The lowest BCUT2D eigenvalue weighted by Crippen LogP contribution is -2.33. The summed E-state index contributed by atoms with van der Waals surface area (Å²) in [6.45, 7) is 6.94. The lowest BCUT2D eigenvalue weighted by molar-refractivity contribution is -0.167. The van der Waals surface area contributed by atoms with E-state index in [0.29, 0.717) is 0 Å². The molecule has 0 aromatic heterocycles. The van der Waals surface area contributed by atoms with Crippen molar-refractivity contribution in [2.24, 2.45) is 0 Å². The molecule has 0 spiro atoms. The van der Waals surface area contributed by atoms with Gasteiger partial charge in [0.05, 0.1) is 20.3 Å². The van der Waals surface area contributed by atoms with Crippen molar-refractivity contribution in [3.63, 3.8) is 0 Å². The van der Waals surface area contributed by atoms with Gasteiger partial charge < -0.3 is 23.3 Å². The van der Waals surface area contributed by atoms with Crippen LogP contribution in [0.3, 0.4) is 0 Å². The number of carbonyl (C=O) groups is 1. The third-order valence-corrected chi connectivity index (χ3v) is 4.67. The molecule has 1 heterocycles. The first kappa shape index (κ1) is 16.6. The Hall–Kier alpha value is -0.460. The first-order chi connectivity index (χ1) is 8.79. The van der Waals surface area contributed by atoms with Crippen LogP contribution < -0.4 is 0 Å². The normalized spacial score (nSPS) is 26.4. The number of methoxy groups -OCH3 is 1. The highest BCUT2D eigenvalue weighted by Gasteiger charge is 2.56. The predicted molar refractivity (Wildman–Crippen MR) is 66.7 cm³/mol. The van der Waals surface area contributed by atoms with Crippen molar-refractivity contribution in [2.75, 3.05) is 20.3 Å². The van der Waals surface area contributed by atoms with E-state index in [4.69, 9.17) is 18.5 Å². The second kappa shape index (κ2) is 6.33. The fraction of sp³-hybridized carbons (Fsp3) is 0.909. The van der Waals surface area contributed by atoms with Crippen LogP contribution >= 0.6 is 7.60 Å². The predicted octanol–water partition coefficient (Wildman–Crippen LogP) is 1.90. The van der Waals surface area contributed by atoms with E-state index in [-0.39, 0.29) is 13.2 Å². The summed E-state index contributed by atoms with van der Waals surface area (Å²) in [6, 6.07) is 0. The molecule has 19 heavy (non-hydrogen) atoms. The van der Waals surface area contributed by atoms with Crippen LogP contribution in [0.4, 0.5) is 0 Å². The second-order valence-electron chi connectivity index (χ2n) is 4.35. The first-order valence-electron chi connectivity index (χ1n) is 6.12. The van der Waals surface area contributed by atoms with Crippen molar-refractivity contribution >= 4 is 13.6 Å². The number of hydrogen-bond acceptors (Lipinski definition) is 7. The van der Waals surface area contributed by atoms with Crippen molar-refractivity contribution in [1.82, 2.24) is 0 Å². The van der Waals surface area contributed by atoms with Crippen LogP contribution in [0.1, 0.15) is 27.7 Å². The maximum Gasteiger partial charge on any atom is 0.362 e. The van der Waals surface area contributed by atoms with Crippen molar-refractivity contribution in [2.45, 2.75) is 45.4 Å². The highest BCUT2D eigenvalue weighted by atomic mass is 31.2. The van der Waals surface area contributed by atoms with E-state index in [0.717, 1.165) is 0 Å². The standard InChI is InChI=1S/C11H21O7P/c1-6-15-19(13,16-7-2)10-8(9(12)14-5)17-11(3,4)18-10/h8,10H,6-7H2,1-5H3/t8-,10-/m0/s1. The van der Waals surface area contributed by atoms with E-state index >= 15 is 0 Å². The summed E-state index contributed by atoms with van der Waals surface area (Å²) in [7, 11) is -2.40. The maximum absolute atomic E-state index is 12.7. The van der Waals surface area contributed by atoms with Gasteiger partial charge in [0.2, 0.25) is 0 Å². The molecule has 1 rings (SSSR count). The second-order valence-corrected chi connectivity index (χ2v) is 6.45. The Labute approximate surface area is 113 Å². The van der Waals surface area contributed by atoms with Crippen LogP contribution in [0.25, 0.3) is 0 Å². The minimum atomic E-state index is -3.62. The Morgan fingerprint density at radius 1 is 1.21 bits per heavy atom. The van der Waals surface area contributed by atoms with Crippen LogP contribution in [0, 0.1) is 0 Å². The lowest BCUT2D eigenvalue weighted by Gasteiger charge is -2.24. The first-order valence-corrected chi connectivity index (χ1v) is 7.73.